The first-order chi connectivity index (χ1) is 50.3. The molecule has 3 saturated heterocycles. The number of hydrogen-bond donors (Lipinski definition) is 12. The van der Waals surface area contributed by atoms with Crippen molar-refractivity contribution in [3.05, 3.63) is 0 Å². The number of ether oxygens (including phenoxy) is 6. The molecule has 103 heavy (non-hydrogen) atoms. The molecule has 0 aliphatic carbocycles. The van der Waals surface area contributed by atoms with Gasteiger partial charge >= 0.3 is 0 Å². The van der Waals surface area contributed by atoms with E-state index in [1.165, 1.54) is 321 Å². The second-order valence-electron chi connectivity index (χ2n) is 31.7. The third kappa shape index (κ3) is 45.0. The molecule has 3 aliphatic rings. The fourth-order valence-corrected chi connectivity index (χ4v) is 15.4. The Labute approximate surface area is 627 Å². The minimum atomic E-state index is -1.97. The summed E-state index contributed by atoms with van der Waals surface area (Å²) in [5.41, 5.74) is 0. The number of hydrogen-bond acceptors (Lipinski definition) is 18. The van der Waals surface area contributed by atoms with Gasteiger partial charge in [-0.25, -0.2) is 0 Å². The Morgan fingerprint density at radius 1 is 0.311 bits per heavy atom. The largest absolute Gasteiger partial charge is 0.394 e. The molecule has 17 unspecified atom stereocenters. The topological polar surface area (TPSA) is 307 Å². The highest BCUT2D eigenvalue weighted by Crippen LogP contribution is 2.34. The van der Waals surface area contributed by atoms with E-state index in [0.717, 1.165) is 44.9 Å². The first-order valence-electron chi connectivity index (χ1n) is 43.8. The molecule has 19 heteroatoms. The summed E-state index contributed by atoms with van der Waals surface area (Å²) in [6, 6.07) is -0.884. The molecule has 3 fully saturated rings. The summed E-state index contributed by atoms with van der Waals surface area (Å²) in [7, 11) is 0. The quantitative estimate of drug-likeness (QED) is 0.0252. The van der Waals surface area contributed by atoms with Gasteiger partial charge in [0.25, 0.3) is 0 Å². The maximum absolute atomic E-state index is 13.5. The average Bonchev–Trinajstić information content (AvgIpc) is 0.781. The van der Waals surface area contributed by atoms with Crippen LogP contribution < -0.4 is 5.32 Å². The van der Waals surface area contributed by atoms with Crippen molar-refractivity contribution in [2.75, 3.05) is 26.4 Å². The van der Waals surface area contributed by atoms with Crippen molar-refractivity contribution in [1.29, 1.82) is 0 Å². The molecule has 17 atom stereocenters. The highest BCUT2D eigenvalue weighted by atomic mass is 16.8. The molecular weight excluding hydrogens is 1310 g/mol. The number of carbonyl (C=O) groups is 1. The van der Waals surface area contributed by atoms with E-state index in [9.17, 15) is 61.0 Å². The summed E-state index contributed by atoms with van der Waals surface area (Å²) in [6.07, 6.45) is 50.7. The Morgan fingerprint density at radius 3 is 0.845 bits per heavy atom. The summed E-state index contributed by atoms with van der Waals surface area (Å²) in [5.74, 6) is -0.231. The van der Waals surface area contributed by atoms with Gasteiger partial charge in [-0.15, -0.1) is 0 Å². The Kier molecular flexibility index (Phi) is 61.0. The maximum atomic E-state index is 13.5. The lowest BCUT2D eigenvalue weighted by molar-refractivity contribution is -0.379. The predicted molar refractivity (Wildman–Crippen MR) is 411 cm³/mol. The summed E-state index contributed by atoms with van der Waals surface area (Å²) in [5, 5.41) is 121. The van der Waals surface area contributed by atoms with Crippen LogP contribution in [-0.4, -0.2) is 193 Å². The molecule has 0 aromatic heterocycles. The van der Waals surface area contributed by atoms with E-state index in [1.807, 2.05) is 0 Å². The number of unbranched alkanes of at least 4 members (excludes halogenated alkanes) is 56. The summed E-state index contributed by atoms with van der Waals surface area (Å²) >= 11 is 0. The molecule has 3 aliphatic heterocycles. The summed E-state index contributed by atoms with van der Waals surface area (Å²) in [4.78, 5) is 13.5. The van der Waals surface area contributed by atoms with E-state index in [2.05, 4.69) is 19.2 Å². The van der Waals surface area contributed by atoms with Crippen LogP contribution >= 0.6 is 0 Å². The number of nitrogens with one attached hydrogen (secondary N) is 1. The van der Waals surface area contributed by atoms with Gasteiger partial charge in [-0.05, 0) is 12.8 Å². The standard InChI is InChI=1S/C84H163NO18/c1-3-5-7-9-11-13-15-17-19-21-23-25-27-29-30-31-32-33-34-35-36-37-38-40-42-44-46-48-50-52-54-56-58-60-62-72(90)85-67(68(89)61-59-57-55-53-51-49-47-45-43-41-39-28-26-24-22-20-18-16-14-12-10-8-6-4-2)66-98-82-78(96)75(93)80(70(64-87)100-82)103-84-79(97)76(94)81(71(65-88)101-84)102-83-77(95)74(92)73(91)69(63-86)99-83/h67-71,73-84,86-89,91-97H,3-66H2,1-2H3,(H,85,90). The van der Waals surface area contributed by atoms with E-state index in [1.54, 1.807) is 0 Å². The molecule has 612 valence electrons. The van der Waals surface area contributed by atoms with Gasteiger partial charge in [0.15, 0.2) is 18.9 Å². The van der Waals surface area contributed by atoms with E-state index >= 15 is 0 Å². The number of rotatable bonds is 72. The Bertz CT molecular complexity index is 1860. The fraction of sp³-hybridized carbons (Fsp3) is 0.988. The van der Waals surface area contributed by atoms with Crippen LogP contribution in [0.4, 0.5) is 0 Å². The maximum Gasteiger partial charge on any atom is 0.220 e. The normalized spacial score (nSPS) is 25.9. The van der Waals surface area contributed by atoms with Gasteiger partial charge in [0.05, 0.1) is 38.6 Å². The van der Waals surface area contributed by atoms with Crippen molar-refractivity contribution in [1.82, 2.24) is 5.32 Å². The van der Waals surface area contributed by atoms with Crippen LogP contribution in [-0.2, 0) is 33.2 Å². The third-order valence-electron chi connectivity index (χ3n) is 22.4. The monoisotopic (exact) mass is 1470 g/mol. The number of aliphatic hydroxyl groups excluding tert-OH is 11. The van der Waals surface area contributed by atoms with Crippen LogP contribution in [0.1, 0.15) is 399 Å². The highest BCUT2D eigenvalue weighted by molar-refractivity contribution is 5.76. The van der Waals surface area contributed by atoms with Gasteiger partial charge in [0.2, 0.25) is 5.91 Å². The van der Waals surface area contributed by atoms with Crippen LogP contribution in [0.15, 0.2) is 0 Å². The second-order valence-corrected chi connectivity index (χ2v) is 31.7. The van der Waals surface area contributed by atoms with Crippen LogP contribution in [0.5, 0.6) is 0 Å². The van der Waals surface area contributed by atoms with Gasteiger partial charge < -0.3 is 89.9 Å². The van der Waals surface area contributed by atoms with Gasteiger partial charge in [0, 0.05) is 6.42 Å². The highest BCUT2D eigenvalue weighted by Gasteiger charge is 2.54. The van der Waals surface area contributed by atoms with Crippen LogP contribution in [0.25, 0.3) is 0 Å². The molecule has 0 saturated carbocycles. The molecular formula is C84H163NO18. The molecule has 3 rings (SSSR count). The van der Waals surface area contributed by atoms with Gasteiger partial charge in [-0.2, -0.15) is 0 Å². The Morgan fingerprint density at radius 2 is 0.553 bits per heavy atom. The molecule has 1 amide bonds. The lowest BCUT2D eigenvalue weighted by Gasteiger charge is -2.48. The van der Waals surface area contributed by atoms with Crippen LogP contribution in [0.3, 0.4) is 0 Å². The molecule has 19 nitrogen and oxygen atoms in total. The van der Waals surface area contributed by atoms with Crippen molar-refractivity contribution in [3.63, 3.8) is 0 Å². The SMILES string of the molecule is CCCCCCCCCCCCCCCCCCCCCCCCCCCCCCCCCCCCC(=O)NC(COC1OC(CO)C(OC2OC(CO)C(OC3OC(CO)C(O)C(O)C3O)C(O)C2O)C(O)C1O)C(O)CCCCCCCCCCCCCCCCCCCCCCCCCC. The van der Waals surface area contributed by atoms with E-state index in [4.69, 9.17) is 28.4 Å². The van der Waals surface area contributed by atoms with Crippen molar-refractivity contribution >= 4 is 5.91 Å². The van der Waals surface area contributed by atoms with E-state index in [0.29, 0.717) is 12.8 Å². The Hall–Kier alpha value is -1.21. The van der Waals surface area contributed by atoms with Crippen LogP contribution in [0, 0.1) is 0 Å². The zero-order chi connectivity index (χ0) is 74.6. The Balaban J connectivity index is 1.32. The van der Waals surface area contributed by atoms with Crippen molar-refractivity contribution < 1.29 is 89.4 Å². The van der Waals surface area contributed by atoms with E-state index in [-0.39, 0.29) is 18.9 Å². The lowest BCUT2D eigenvalue weighted by atomic mass is 9.96. The minimum Gasteiger partial charge on any atom is -0.394 e. The molecule has 0 bridgehead atoms. The van der Waals surface area contributed by atoms with Crippen molar-refractivity contribution in [2.24, 2.45) is 0 Å². The van der Waals surface area contributed by atoms with E-state index < -0.39 is 124 Å². The summed E-state index contributed by atoms with van der Waals surface area (Å²) < 4.78 is 34.6. The molecule has 0 spiro atoms. The first kappa shape index (κ1) is 96.0. The zero-order valence-electron chi connectivity index (χ0n) is 65.8. The average molecular weight is 1480 g/mol. The molecule has 0 aromatic rings. The van der Waals surface area contributed by atoms with Gasteiger partial charge in [0.1, 0.15) is 73.2 Å². The predicted octanol–water partition coefficient (Wildman–Crippen LogP) is 15.7. The smallest absolute Gasteiger partial charge is 0.220 e. The van der Waals surface area contributed by atoms with Gasteiger partial charge in [-0.3, -0.25) is 4.79 Å². The first-order valence-corrected chi connectivity index (χ1v) is 43.8. The summed E-state index contributed by atoms with van der Waals surface area (Å²) in [6.45, 7) is 1.89. The third-order valence-corrected chi connectivity index (χ3v) is 22.4. The number of carbonyl (C=O) groups excluding carboxylic acids is 1. The zero-order valence-corrected chi connectivity index (χ0v) is 65.8. The molecule has 0 aromatic carbocycles. The number of aliphatic hydroxyl groups is 11. The minimum absolute atomic E-state index is 0.231. The molecule has 3 heterocycles. The second kappa shape index (κ2) is 65.5. The van der Waals surface area contributed by atoms with Crippen molar-refractivity contribution in [3.8, 4) is 0 Å². The lowest BCUT2D eigenvalue weighted by Crippen LogP contribution is -2.66. The van der Waals surface area contributed by atoms with Crippen molar-refractivity contribution in [2.45, 2.75) is 503 Å². The molecule has 12 N–H and O–H groups in total. The number of amides is 1. The van der Waals surface area contributed by atoms with Crippen LogP contribution in [0.2, 0.25) is 0 Å². The van der Waals surface area contributed by atoms with Gasteiger partial charge in [-0.1, -0.05) is 380 Å². The molecule has 0 radical (unpaired) electrons. The fourth-order valence-electron chi connectivity index (χ4n) is 15.4.